The third-order valence-electron chi connectivity index (χ3n) is 4.42. The predicted molar refractivity (Wildman–Crippen MR) is 101 cm³/mol. The maximum atomic E-state index is 15.2. The molecule has 0 aliphatic heterocycles. The van der Waals surface area contributed by atoms with Crippen molar-refractivity contribution in [3.63, 3.8) is 0 Å². The van der Waals surface area contributed by atoms with Gasteiger partial charge < -0.3 is 10.5 Å². The largest absolute Gasteiger partial charge is 0.466 e. The van der Waals surface area contributed by atoms with Gasteiger partial charge in [0.2, 0.25) is 0 Å². The van der Waals surface area contributed by atoms with Gasteiger partial charge >= 0.3 is 5.97 Å². The van der Waals surface area contributed by atoms with Crippen LogP contribution in [0.1, 0.15) is 41.6 Å². The lowest BCUT2D eigenvalue weighted by atomic mass is 9.89. The number of aryl methyl sites for hydroxylation is 1. The van der Waals surface area contributed by atoms with Crippen LogP contribution in [0, 0.1) is 38.2 Å². The molecule has 27 heavy (non-hydrogen) atoms. The van der Waals surface area contributed by atoms with E-state index in [1.807, 2.05) is 0 Å². The van der Waals surface area contributed by atoms with Gasteiger partial charge in [-0.1, -0.05) is 12.1 Å². The molecule has 0 aliphatic carbocycles. The molecule has 2 N–H and O–H groups in total. The Morgan fingerprint density at radius 3 is 2.30 bits per heavy atom. The van der Waals surface area contributed by atoms with Crippen LogP contribution in [0.15, 0.2) is 18.2 Å². The summed E-state index contributed by atoms with van der Waals surface area (Å²) in [5.74, 6) is -3.04. The number of benzene rings is 2. The molecule has 0 aromatic heterocycles. The van der Waals surface area contributed by atoms with Gasteiger partial charge in [-0.15, -0.1) is 12.4 Å². The summed E-state index contributed by atoms with van der Waals surface area (Å²) in [6.45, 7) is 6.48. The van der Waals surface area contributed by atoms with Gasteiger partial charge in [0.25, 0.3) is 0 Å². The molecule has 7 heteroatoms. The predicted octanol–water partition coefficient (Wildman–Crippen LogP) is 5.07. The SMILES string of the molecule is CCOC(=O)C[C@H](N)c1c(F)c(C)c(C)c(-c2ccc(C)cc2F)c1F.Cl. The van der Waals surface area contributed by atoms with E-state index in [1.54, 1.807) is 19.9 Å². The molecule has 0 aliphatic rings. The third kappa shape index (κ3) is 4.62. The molecule has 3 nitrogen and oxygen atoms in total. The molecule has 0 radical (unpaired) electrons. The Kier molecular flexibility index (Phi) is 7.87. The molecule has 148 valence electrons. The Morgan fingerprint density at radius 2 is 1.74 bits per heavy atom. The van der Waals surface area contributed by atoms with Gasteiger partial charge in [0.1, 0.15) is 17.5 Å². The Balaban J connectivity index is 0.00000364. The second kappa shape index (κ2) is 9.24. The fraction of sp³-hybridized carbons (Fsp3) is 0.350. The summed E-state index contributed by atoms with van der Waals surface area (Å²) in [5.41, 5.74) is 6.56. The number of halogens is 4. The van der Waals surface area contributed by atoms with Crippen LogP contribution >= 0.6 is 12.4 Å². The second-order valence-corrected chi connectivity index (χ2v) is 6.27. The van der Waals surface area contributed by atoms with E-state index in [-0.39, 0.29) is 47.7 Å². The molecular formula is C20H23ClF3NO2. The number of hydrogen-bond donors (Lipinski definition) is 1. The lowest BCUT2D eigenvalue weighted by molar-refractivity contribution is -0.143. The minimum Gasteiger partial charge on any atom is -0.466 e. The Hall–Kier alpha value is -2.05. The first-order valence-electron chi connectivity index (χ1n) is 8.34. The van der Waals surface area contributed by atoms with Crippen LogP contribution in [-0.2, 0) is 9.53 Å². The van der Waals surface area contributed by atoms with Crippen LogP contribution in [0.5, 0.6) is 0 Å². The molecule has 0 saturated heterocycles. The van der Waals surface area contributed by atoms with Crippen LogP contribution in [0.4, 0.5) is 13.2 Å². The molecule has 2 aromatic rings. The number of esters is 1. The molecule has 0 heterocycles. The maximum absolute atomic E-state index is 15.2. The van der Waals surface area contributed by atoms with Gasteiger partial charge in [-0.3, -0.25) is 4.79 Å². The number of rotatable bonds is 5. The lowest BCUT2D eigenvalue weighted by Crippen LogP contribution is -2.21. The van der Waals surface area contributed by atoms with E-state index >= 15 is 4.39 Å². The van der Waals surface area contributed by atoms with Gasteiger partial charge in [-0.05, 0) is 50.5 Å². The van der Waals surface area contributed by atoms with Crippen LogP contribution in [0.2, 0.25) is 0 Å². The van der Waals surface area contributed by atoms with Crippen LogP contribution < -0.4 is 5.73 Å². The van der Waals surface area contributed by atoms with Crippen molar-refractivity contribution < 1.29 is 22.7 Å². The summed E-state index contributed by atoms with van der Waals surface area (Å²) >= 11 is 0. The summed E-state index contributed by atoms with van der Waals surface area (Å²) < 4.78 is 49.1. The quantitative estimate of drug-likeness (QED) is 0.711. The summed E-state index contributed by atoms with van der Waals surface area (Å²) in [6, 6.07) is 3.15. The van der Waals surface area contributed by atoms with Crippen molar-refractivity contribution in [1.29, 1.82) is 0 Å². The van der Waals surface area contributed by atoms with Gasteiger partial charge in [-0.25, -0.2) is 13.2 Å². The van der Waals surface area contributed by atoms with E-state index < -0.39 is 35.0 Å². The standard InChI is InChI=1S/C20H22F3NO2.ClH/c1-5-26-16(25)9-15(24)18-19(22)12(4)11(3)17(20(18)23)13-7-6-10(2)8-14(13)21;/h6-8,15H,5,9,24H2,1-4H3;1H/t15-;/m0./s1. The highest BCUT2D eigenvalue weighted by atomic mass is 35.5. The smallest absolute Gasteiger partial charge is 0.307 e. The monoisotopic (exact) mass is 401 g/mol. The topological polar surface area (TPSA) is 52.3 Å². The summed E-state index contributed by atoms with van der Waals surface area (Å²) in [5, 5.41) is 0. The zero-order valence-electron chi connectivity index (χ0n) is 15.7. The van der Waals surface area contributed by atoms with Gasteiger partial charge in [0.15, 0.2) is 0 Å². The van der Waals surface area contributed by atoms with Crippen molar-refractivity contribution in [1.82, 2.24) is 0 Å². The van der Waals surface area contributed by atoms with Gasteiger partial charge in [-0.2, -0.15) is 0 Å². The maximum Gasteiger partial charge on any atom is 0.307 e. The summed E-state index contributed by atoms with van der Waals surface area (Å²) in [6.07, 6.45) is -0.375. The zero-order chi connectivity index (χ0) is 19.6. The van der Waals surface area contributed by atoms with Crippen molar-refractivity contribution >= 4 is 18.4 Å². The van der Waals surface area contributed by atoms with Crippen molar-refractivity contribution in [3.8, 4) is 11.1 Å². The van der Waals surface area contributed by atoms with Crippen molar-refractivity contribution in [3.05, 3.63) is 57.9 Å². The molecule has 0 fully saturated rings. The van der Waals surface area contributed by atoms with Crippen molar-refractivity contribution in [2.45, 2.75) is 40.2 Å². The lowest BCUT2D eigenvalue weighted by Gasteiger charge is -2.20. The average Bonchev–Trinajstić information content (AvgIpc) is 2.55. The highest BCUT2D eigenvalue weighted by molar-refractivity contribution is 5.85. The number of nitrogens with two attached hydrogens (primary N) is 1. The van der Waals surface area contributed by atoms with E-state index in [0.717, 1.165) is 0 Å². The Labute approximate surface area is 163 Å². The highest BCUT2D eigenvalue weighted by Crippen LogP contribution is 2.37. The first-order valence-corrected chi connectivity index (χ1v) is 8.34. The number of hydrogen-bond acceptors (Lipinski definition) is 3. The van der Waals surface area contributed by atoms with E-state index in [0.29, 0.717) is 5.56 Å². The fourth-order valence-electron chi connectivity index (χ4n) is 2.92. The van der Waals surface area contributed by atoms with E-state index in [1.165, 1.54) is 26.0 Å². The minimum absolute atomic E-state index is 0. The van der Waals surface area contributed by atoms with Gasteiger partial charge in [0.05, 0.1) is 13.0 Å². The first kappa shape index (κ1) is 23.0. The Bertz CT molecular complexity index is 856. The molecule has 1 atom stereocenters. The first-order chi connectivity index (χ1) is 12.2. The van der Waals surface area contributed by atoms with Gasteiger partial charge in [0, 0.05) is 22.7 Å². The summed E-state index contributed by atoms with van der Waals surface area (Å²) in [4.78, 5) is 11.6. The molecule has 0 bridgehead atoms. The molecule has 0 amide bonds. The molecule has 0 unspecified atom stereocenters. The molecule has 2 rings (SSSR count). The molecule has 0 spiro atoms. The molecule has 2 aromatic carbocycles. The second-order valence-electron chi connectivity index (χ2n) is 6.27. The number of carbonyl (C=O) groups excluding carboxylic acids is 1. The minimum atomic E-state index is -1.24. The van der Waals surface area contributed by atoms with Crippen LogP contribution in [0.25, 0.3) is 11.1 Å². The van der Waals surface area contributed by atoms with Crippen LogP contribution in [-0.4, -0.2) is 12.6 Å². The number of ether oxygens (including phenoxy) is 1. The third-order valence-corrected chi connectivity index (χ3v) is 4.42. The summed E-state index contributed by atoms with van der Waals surface area (Å²) in [7, 11) is 0. The number of carbonyl (C=O) groups is 1. The molecule has 0 saturated carbocycles. The van der Waals surface area contributed by atoms with E-state index in [4.69, 9.17) is 10.5 Å². The van der Waals surface area contributed by atoms with E-state index in [2.05, 4.69) is 0 Å². The highest BCUT2D eigenvalue weighted by Gasteiger charge is 2.27. The van der Waals surface area contributed by atoms with Crippen LogP contribution in [0.3, 0.4) is 0 Å². The zero-order valence-corrected chi connectivity index (χ0v) is 16.5. The molecular weight excluding hydrogens is 379 g/mol. The fourth-order valence-corrected chi connectivity index (χ4v) is 2.92. The van der Waals surface area contributed by atoms with Crippen molar-refractivity contribution in [2.24, 2.45) is 5.73 Å². The van der Waals surface area contributed by atoms with E-state index in [9.17, 15) is 13.6 Å². The Morgan fingerprint density at radius 1 is 1.11 bits per heavy atom. The normalized spacial score (nSPS) is 11.7. The van der Waals surface area contributed by atoms with Crippen molar-refractivity contribution in [2.75, 3.05) is 6.61 Å². The average molecular weight is 402 g/mol.